The number of fused-ring (bicyclic) bond motifs is 2. The summed E-state index contributed by atoms with van der Waals surface area (Å²) < 4.78 is 16.8. The number of hydrogen-bond acceptors (Lipinski definition) is 5. The maximum Gasteiger partial charge on any atom is 0.305 e. The fourth-order valence-corrected chi connectivity index (χ4v) is 4.60. The van der Waals surface area contributed by atoms with Crippen LogP contribution in [0.15, 0.2) is 54.6 Å². The van der Waals surface area contributed by atoms with E-state index in [1.807, 2.05) is 31.2 Å². The molecule has 170 valence electrons. The van der Waals surface area contributed by atoms with Crippen molar-refractivity contribution in [1.29, 1.82) is 0 Å². The first-order chi connectivity index (χ1) is 15.7. The van der Waals surface area contributed by atoms with Gasteiger partial charge in [-0.2, -0.15) is 0 Å². The highest BCUT2D eigenvalue weighted by molar-refractivity contribution is 5.85. The Hall–Kier alpha value is -2.79. The lowest BCUT2D eigenvalue weighted by Crippen LogP contribution is -2.34. The average Bonchev–Trinajstić information content (AvgIpc) is 2.81. The van der Waals surface area contributed by atoms with Crippen molar-refractivity contribution in [3.63, 3.8) is 0 Å². The zero-order valence-electron chi connectivity index (χ0n) is 18.9. The fraction of sp³-hybridized carbons (Fsp3) is 0.444. The molecular formula is C27H33NO4. The standard InChI is InChI=1S/C27H33NO4/c1-2-30-27(29)14-13-21-15-18-28(19-16-21)17-7-10-22-23-8-3-5-11-25(23)31-20-32-26-12-6-4-9-24(22)26/h3-6,8-12,21H,2,7,13-20H2,1H3. The summed E-state index contributed by atoms with van der Waals surface area (Å²) in [4.78, 5) is 14.1. The van der Waals surface area contributed by atoms with Gasteiger partial charge in [-0.1, -0.05) is 42.5 Å². The minimum absolute atomic E-state index is 0.0609. The molecule has 5 heteroatoms. The lowest BCUT2D eigenvalue weighted by Gasteiger charge is -2.31. The topological polar surface area (TPSA) is 48.0 Å². The third kappa shape index (κ3) is 5.71. The Morgan fingerprint density at radius 1 is 1.03 bits per heavy atom. The van der Waals surface area contributed by atoms with Gasteiger partial charge in [0.1, 0.15) is 11.5 Å². The average molecular weight is 436 g/mol. The van der Waals surface area contributed by atoms with E-state index >= 15 is 0 Å². The number of likely N-dealkylation sites (tertiary alicyclic amines) is 1. The number of ether oxygens (including phenoxy) is 3. The van der Waals surface area contributed by atoms with E-state index in [-0.39, 0.29) is 12.8 Å². The minimum Gasteiger partial charge on any atom is -0.466 e. The van der Waals surface area contributed by atoms with Gasteiger partial charge in [0.25, 0.3) is 0 Å². The number of nitrogens with zero attached hydrogens (tertiary/aromatic N) is 1. The fourth-order valence-electron chi connectivity index (χ4n) is 4.60. The molecule has 0 N–H and O–H groups in total. The second kappa shape index (κ2) is 11.2. The molecule has 0 saturated carbocycles. The Morgan fingerprint density at radius 2 is 1.66 bits per heavy atom. The molecule has 4 rings (SSSR count). The molecule has 1 saturated heterocycles. The number of piperidine rings is 1. The number of benzene rings is 2. The van der Waals surface area contributed by atoms with Gasteiger partial charge >= 0.3 is 5.97 Å². The highest BCUT2D eigenvalue weighted by Crippen LogP contribution is 2.37. The van der Waals surface area contributed by atoms with Crippen LogP contribution in [0.5, 0.6) is 11.5 Å². The van der Waals surface area contributed by atoms with Gasteiger partial charge in [0, 0.05) is 24.1 Å². The van der Waals surface area contributed by atoms with Crippen LogP contribution in [0.3, 0.4) is 0 Å². The van der Waals surface area contributed by atoms with E-state index in [4.69, 9.17) is 14.2 Å². The minimum atomic E-state index is -0.0609. The molecule has 0 radical (unpaired) electrons. The van der Waals surface area contributed by atoms with Gasteiger partial charge in [-0.15, -0.1) is 0 Å². The molecule has 2 aliphatic heterocycles. The summed E-state index contributed by atoms with van der Waals surface area (Å²) in [5.41, 5.74) is 3.39. The first-order valence-corrected chi connectivity index (χ1v) is 11.8. The normalized spacial score (nSPS) is 16.6. The van der Waals surface area contributed by atoms with Gasteiger partial charge in [-0.25, -0.2) is 0 Å². The number of carbonyl (C=O) groups is 1. The quantitative estimate of drug-likeness (QED) is 0.553. The van der Waals surface area contributed by atoms with Crippen molar-refractivity contribution in [2.75, 3.05) is 33.0 Å². The summed E-state index contributed by atoms with van der Waals surface area (Å²) in [7, 11) is 0. The Labute approximate surface area is 191 Å². The van der Waals surface area contributed by atoms with Gasteiger partial charge in [-0.05, 0) is 69.3 Å². The molecule has 0 amide bonds. The van der Waals surface area contributed by atoms with Crippen molar-refractivity contribution in [3.05, 3.63) is 65.7 Å². The van der Waals surface area contributed by atoms with Gasteiger partial charge in [-0.3, -0.25) is 4.79 Å². The lowest BCUT2D eigenvalue weighted by atomic mass is 9.92. The maximum absolute atomic E-state index is 11.6. The zero-order valence-corrected chi connectivity index (χ0v) is 18.9. The predicted octanol–water partition coefficient (Wildman–Crippen LogP) is 5.29. The Kier molecular flexibility index (Phi) is 7.83. The van der Waals surface area contributed by atoms with Crippen LogP contribution in [0.25, 0.3) is 5.57 Å². The molecule has 0 spiro atoms. The maximum atomic E-state index is 11.6. The number of rotatable bonds is 7. The third-order valence-corrected chi connectivity index (χ3v) is 6.35. The van der Waals surface area contributed by atoms with Crippen molar-refractivity contribution in [2.45, 2.75) is 39.0 Å². The van der Waals surface area contributed by atoms with Gasteiger partial charge < -0.3 is 19.1 Å². The van der Waals surface area contributed by atoms with Crippen LogP contribution in [0.1, 0.15) is 50.2 Å². The van der Waals surface area contributed by atoms with E-state index in [0.29, 0.717) is 18.9 Å². The van der Waals surface area contributed by atoms with E-state index in [1.165, 1.54) is 5.57 Å². The van der Waals surface area contributed by atoms with Crippen LogP contribution in [-0.2, 0) is 9.53 Å². The molecule has 0 bridgehead atoms. The monoisotopic (exact) mass is 435 g/mol. The predicted molar refractivity (Wildman–Crippen MR) is 126 cm³/mol. The third-order valence-electron chi connectivity index (χ3n) is 6.35. The molecule has 32 heavy (non-hydrogen) atoms. The molecular weight excluding hydrogens is 402 g/mol. The van der Waals surface area contributed by atoms with Crippen molar-refractivity contribution < 1.29 is 19.0 Å². The van der Waals surface area contributed by atoms with Crippen molar-refractivity contribution in [3.8, 4) is 11.5 Å². The summed E-state index contributed by atoms with van der Waals surface area (Å²) in [5, 5.41) is 0. The highest BCUT2D eigenvalue weighted by Gasteiger charge is 2.21. The molecule has 2 heterocycles. The van der Waals surface area contributed by atoms with E-state index in [9.17, 15) is 4.79 Å². The molecule has 0 atom stereocenters. The SMILES string of the molecule is CCOC(=O)CCC1CCN(CCC=C2c3ccccc3OCOc3ccccc32)CC1. The Morgan fingerprint density at radius 3 is 2.28 bits per heavy atom. The first kappa shape index (κ1) is 22.4. The number of para-hydroxylation sites is 2. The zero-order chi connectivity index (χ0) is 22.2. The first-order valence-electron chi connectivity index (χ1n) is 11.8. The Bertz CT molecular complexity index is 881. The smallest absolute Gasteiger partial charge is 0.305 e. The van der Waals surface area contributed by atoms with Gasteiger partial charge in [0.2, 0.25) is 6.79 Å². The van der Waals surface area contributed by atoms with Crippen molar-refractivity contribution in [1.82, 2.24) is 4.90 Å². The van der Waals surface area contributed by atoms with Crippen molar-refractivity contribution >= 4 is 11.5 Å². The molecule has 1 fully saturated rings. The summed E-state index contributed by atoms with van der Waals surface area (Å²) in [6.07, 6.45) is 7.10. The van der Waals surface area contributed by atoms with Gasteiger partial charge in [0.05, 0.1) is 6.61 Å². The largest absolute Gasteiger partial charge is 0.466 e. The molecule has 0 aromatic heterocycles. The summed E-state index contributed by atoms with van der Waals surface area (Å²) in [6.45, 7) is 5.76. The lowest BCUT2D eigenvalue weighted by molar-refractivity contribution is -0.143. The Balaban J connectivity index is 1.37. The van der Waals surface area contributed by atoms with E-state index in [1.54, 1.807) is 0 Å². The number of hydrogen-bond donors (Lipinski definition) is 0. The molecule has 2 aliphatic rings. The van der Waals surface area contributed by atoms with E-state index in [0.717, 1.165) is 67.9 Å². The summed E-state index contributed by atoms with van der Waals surface area (Å²) in [5.74, 6) is 2.29. The van der Waals surface area contributed by atoms with Crippen LogP contribution < -0.4 is 9.47 Å². The second-order valence-corrected chi connectivity index (χ2v) is 8.43. The number of carbonyl (C=O) groups excluding carboxylic acids is 1. The summed E-state index contributed by atoms with van der Waals surface area (Å²) in [6, 6.07) is 16.4. The van der Waals surface area contributed by atoms with Crippen LogP contribution in [0, 0.1) is 5.92 Å². The van der Waals surface area contributed by atoms with Crippen LogP contribution in [-0.4, -0.2) is 43.9 Å². The molecule has 2 aromatic rings. The van der Waals surface area contributed by atoms with Crippen molar-refractivity contribution in [2.24, 2.45) is 5.92 Å². The molecule has 0 unspecified atom stereocenters. The summed E-state index contributed by atoms with van der Waals surface area (Å²) >= 11 is 0. The highest BCUT2D eigenvalue weighted by atomic mass is 16.7. The molecule has 0 aliphatic carbocycles. The molecule has 2 aromatic carbocycles. The van der Waals surface area contributed by atoms with E-state index < -0.39 is 0 Å². The second-order valence-electron chi connectivity index (χ2n) is 8.43. The van der Waals surface area contributed by atoms with Gasteiger partial charge in [0.15, 0.2) is 0 Å². The van der Waals surface area contributed by atoms with E-state index in [2.05, 4.69) is 35.2 Å². The molecule has 5 nitrogen and oxygen atoms in total. The number of esters is 1. The van der Waals surface area contributed by atoms with Crippen LogP contribution in [0.2, 0.25) is 0 Å². The van der Waals surface area contributed by atoms with Crippen LogP contribution in [0.4, 0.5) is 0 Å². The van der Waals surface area contributed by atoms with Crippen LogP contribution >= 0.6 is 0 Å².